The van der Waals surface area contributed by atoms with Crippen LogP contribution < -0.4 is 20.5 Å². The summed E-state index contributed by atoms with van der Waals surface area (Å²) in [5.41, 5.74) is 0.400. The monoisotopic (exact) mass is 367 g/mol. The quantitative estimate of drug-likeness (QED) is 0.656. The largest absolute Gasteiger partial charge is 0.494 e. The third kappa shape index (κ3) is 3.83. The third-order valence-corrected chi connectivity index (χ3v) is 4.24. The van der Waals surface area contributed by atoms with Gasteiger partial charge in [-0.25, -0.2) is 0 Å². The van der Waals surface area contributed by atoms with E-state index in [1.54, 1.807) is 42.5 Å². The van der Waals surface area contributed by atoms with Crippen molar-refractivity contribution in [2.24, 2.45) is 0 Å². The van der Waals surface area contributed by atoms with Gasteiger partial charge in [-0.1, -0.05) is 30.3 Å². The maximum atomic E-state index is 13.0. The normalized spacial score (nSPS) is 11.0. The van der Waals surface area contributed by atoms with Crippen molar-refractivity contribution in [2.45, 2.75) is 0 Å². The highest BCUT2D eigenvalue weighted by atomic mass is 16.5. The van der Waals surface area contributed by atoms with Crippen molar-refractivity contribution in [3.63, 3.8) is 0 Å². The predicted molar refractivity (Wildman–Crippen MR) is 104 cm³/mol. The highest BCUT2D eigenvalue weighted by molar-refractivity contribution is 6.04. The molecule has 3 rings (SSSR count). The first-order chi connectivity index (χ1) is 13.0. The number of hydrogen-bond acceptors (Lipinski definition) is 4. The van der Waals surface area contributed by atoms with E-state index in [4.69, 9.17) is 4.74 Å². The van der Waals surface area contributed by atoms with E-state index in [9.17, 15) is 9.59 Å². The zero-order chi connectivity index (χ0) is 19.4. The molecule has 27 heavy (non-hydrogen) atoms. The number of carbonyl (C=O) groups is 1. The number of rotatable bonds is 6. The molecule has 1 aromatic heterocycles. The topological polar surface area (TPSA) is 77.7 Å². The van der Waals surface area contributed by atoms with Crippen molar-refractivity contribution in [1.82, 2.24) is 15.1 Å². The van der Waals surface area contributed by atoms with Gasteiger partial charge in [-0.3, -0.25) is 9.59 Å². The molecule has 0 aliphatic heterocycles. The van der Waals surface area contributed by atoms with E-state index in [2.05, 4.69) is 10.4 Å². The maximum Gasteiger partial charge on any atom is 0.279 e. The summed E-state index contributed by atoms with van der Waals surface area (Å²) in [6.45, 7) is 1.31. The van der Waals surface area contributed by atoms with E-state index in [0.29, 0.717) is 28.8 Å². The molecular formula is C20H23N4O3+. The van der Waals surface area contributed by atoms with E-state index in [0.717, 1.165) is 6.54 Å². The Hall–Kier alpha value is -3.19. The van der Waals surface area contributed by atoms with Gasteiger partial charge in [0.2, 0.25) is 0 Å². The molecule has 7 nitrogen and oxygen atoms in total. The van der Waals surface area contributed by atoms with Gasteiger partial charge in [0.05, 0.1) is 39.7 Å². The number of nitrogens with one attached hydrogen (secondary N) is 2. The standard InChI is InChI=1S/C20H22N4O3/c1-23(2)13-12-21-19(25)18-14-8-4-5-9-15(14)20(26)24(22-18)16-10-6-7-11-17(16)27-3/h4-11H,12-13H2,1-3H3,(H,21,25)/p+1. The van der Waals surface area contributed by atoms with E-state index in [1.165, 1.54) is 16.7 Å². The summed E-state index contributed by atoms with van der Waals surface area (Å²) in [6, 6.07) is 14.1. The zero-order valence-corrected chi connectivity index (χ0v) is 15.7. The van der Waals surface area contributed by atoms with Gasteiger partial charge in [0.25, 0.3) is 11.5 Å². The molecule has 140 valence electrons. The van der Waals surface area contributed by atoms with Gasteiger partial charge in [-0.2, -0.15) is 9.78 Å². The van der Waals surface area contributed by atoms with Crippen LogP contribution in [0.25, 0.3) is 16.5 Å². The van der Waals surface area contributed by atoms with E-state index in [1.807, 2.05) is 20.2 Å². The zero-order valence-electron chi connectivity index (χ0n) is 15.7. The number of methoxy groups -OCH3 is 1. The number of nitrogens with zero attached hydrogens (tertiary/aromatic N) is 2. The van der Waals surface area contributed by atoms with Gasteiger partial charge >= 0.3 is 0 Å². The second-order valence-electron chi connectivity index (χ2n) is 6.50. The molecule has 0 aliphatic carbocycles. The summed E-state index contributed by atoms with van der Waals surface area (Å²) in [5, 5.41) is 8.23. The lowest BCUT2D eigenvalue weighted by molar-refractivity contribution is -0.856. The number of carbonyl (C=O) groups excluding carboxylic acids is 1. The number of ether oxygens (including phenoxy) is 1. The number of likely N-dealkylation sites (N-methyl/N-ethyl adjacent to an activating group) is 1. The minimum Gasteiger partial charge on any atom is -0.494 e. The van der Waals surface area contributed by atoms with E-state index in [-0.39, 0.29) is 17.2 Å². The number of para-hydroxylation sites is 2. The smallest absolute Gasteiger partial charge is 0.279 e. The molecule has 0 saturated carbocycles. The maximum absolute atomic E-state index is 13.0. The summed E-state index contributed by atoms with van der Waals surface area (Å²) >= 11 is 0. The molecular weight excluding hydrogens is 344 g/mol. The Labute approximate surface area is 157 Å². The molecule has 2 N–H and O–H groups in total. The van der Waals surface area contributed by atoms with Crippen LogP contribution >= 0.6 is 0 Å². The van der Waals surface area contributed by atoms with Crippen LogP contribution in [-0.2, 0) is 0 Å². The summed E-state index contributed by atoms with van der Waals surface area (Å²) in [7, 11) is 5.56. The molecule has 1 amide bonds. The van der Waals surface area contributed by atoms with Crippen LogP contribution in [0.4, 0.5) is 0 Å². The Morgan fingerprint density at radius 3 is 2.48 bits per heavy atom. The number of fused-ring (bicyclic) bond motifs is 1. The van der Waals surface area contributed by atoms with Gasteiger partial charge < -0.3 is 15.0 Å². The summed E-state index contributed by atoms with van der Waals surface area (Å²) in [4.78, 5) is 27.0. The van der Waals surface area contributed by atoms with Crippen molar-refractivity contribution >= 4 is 16.7 Å². The first-order valence-electron chi connectivity index (χ1n) is 8.75. The number of benzene rings is 2. The highest BCUT2D eigenvalue weighted by Gasteiger charge is 2.18. The van der Waals surface area contributed by atoms with E-state index < -0.39 is 0 Å². The minimum absolute atomic E-state index is 0.213. The van der Waals surface area contributed by atoms with Crippen molar-refractivity contribution < 1.29 is 14.4 Å². The fraction of sp³-hybridized carbons (Fsp3) is 0.250. The average Bonchev–Trinajstić information content (AvgIpc) is 2.68. The number of quaternary nitrogens is 1. The van der Waals surface area contributed by atoms with Crippen LogP contribution in [-0.4, -0.2) is 50.0 Å². The van der Waals surface area contributed by atoms with Gasteiger partial charge in [0, 0.05) is 5.39 Å². The summed E-state index contributed by atoms with van der Waals surface area (Å²) in [6.07, 6.45) is 0. The van der Waals surface area contributed by atoms with E-state index >= 15 is 0 Å². The molecule has 3 aromatic rings. The lowest BCUT2D eigenvalue weighted by Crippen LogP contribution is -3.06. The molecule has 7 heteroatoms. The van der Waals surface area contributed by atoms with Crippen LogP contribution in [0.5, 0.6) is 5.75 Å². The molecule has 0 radical (unpaired) electrons. The molecule has 0 bridgehead atoms. The Bertz CT molecular complexity index is 1030. The van der Waals surface area contributed by atoms with Crippen LogP contribution in [0, 0.1) is 0 Å². The fourth-order valence-electron chi connectivity index (χ4n) is 2.83. The first-order valence-corrected chi connectivity index (χ1v) is 8.75. The van der Waals surface area contributed by atoms with Gasteiger partial charge in [-0.05, 0) is 18.2 Å². The first kappa shape index (κ1) is 18.6. The molecule has 0 spiro atoms. The van der Waals surface area contributed by atoms with Crippen molar-refractivity contribution in [3.8, 4) is 11.4 Å². The Morgan fingerprint density at radius 2 is 1.78 bits per heavy atom. The summed E-state index contributed by atoms with van der Waals surface area (Å²) in [5.74, 6) is 0.195. The lowest BCUT2D eigenvalue weighted by Gasteiger charge is -2.14. The van der Waals surface area contributed by atoms with Gasteiger partial charge in [-0.15, -0.1) is 0 Å². The SMILES string of the molecule is COc1ccccc1-n1nc(C(=O)NCC[NH+](C)C)c2ccccc2c1=O. The summed E-state index contributed by atoms with van der Waals surface area (Å²) < 4.78 is 6.58. The molecule has 1 heterocycles. The van der Waals surface area contributed by atoms with Gasteiger partial charge in [0.15, 0.2) is 5.69 Å². The highest BCUT2D eigenvalue weighted by Crippen LogP contribution is 2.22. The average molecular weight is 367 g/mol. The van der Waals surface area contributed by atoms with Gasteiger partial charge in [0.1, 0.15) is 11.4 Å². The second-order valence-corrected chi connectivity index (χ2v) is 6.50. The third-order valence-electron chi connectivity index (χ3n) is 4.24. The Morgan fingerprint density at radius 1 is 1.11 bits per heavy atom. The Balaban J connectivity index is 2.15. The molecule has 0 atom stereocenters. The number of aromatic nitrogens is 2. The van der Waals surface area contributed by atoms with Crippen LogP contribution in [0.15, 0.2) is 53.3 Å². The molecule has 0 unspecified atom stereocenters. The number of amides is 1. The van der Waals surface area contributed by atoms with Crippen molar-refractivity contribution in [1.29, 1.82) is 0 Å². The van der Waals surface area contributed by atoms with Crippen LogP contribution in [0.3, 0.4) is 0 Å². The molecule has 2 aromatic carbocycles. The van der Waals surface area contributed by atoms with Crippen LogP contribution in [0.2, 0.25) is 0 Å². The van der Waals surface area contributed by atoms with Crippen LogP contribution in [0.1, 0.15) is 10.5 Å². The molecule has 0 fully saturated rings. The molecule has 0 saturated heterocycles. The lowest BCUT2D eigenvalue weighted by atomic mass is 10.1. The Kier molecular flexibility index (Phi) is 5.52. The number of hydrogen-bond donors (Lipinski definition) is 2. The minimum atomic E-state index is -0.309. The molecule has 0 aliphatic rings. The van der Waals surface area contributed by atoms with Crippen molar-refractivity contribution in [2.75, 3.05) is 34.3 Å². The fourth-order valence-corrected chi connectivity index (χ4v) is 2.83. The second kappa shape index (κ2) is 8.01. The van der Waals surface area contributed by atoms with Crippen molar-refractivity contribution in [3.05, 3.63) is 64.6 Å². The predicted octanol–water partition coefficient (Wildman–Crippen LogP) is 0.269.